The SMILES string of the molecule is Cc1csc(Cc2c(C)cc(C)c(Cl)c2Cl)n1. The minimum Gasteiger partial charge on any atom is -0.246 e. The van der Waals surface area contributed by atoms with Gasteiger partial charge in [0.2, 0.25) is 0 Å². The minimum absolute atomic E-state index is 0.653. The molecule has 0 aliphatic carbocycles. The van der Waals surface area contributed by atoms with Gasteiger partial charge in [-0.3, -0.25) is 0 Å². The number of benzene rings is 1. The van der Waals surface area contributed by atoms with E-state index in [1.165, 1.54) is 5.56 Å². The first-order valence-corrected chi connectivity index (χ1v) is 6.97. The van der Waals surface area contributed by atoms with E-state index < -0.39 is 0 Å². The quantitative estimate of drug-likeness (QED) is 0.759. The third-order valence-corrected chi connectivity index (χ3v) is 4.68. The van der Waals surface area contributed by atoms with Crippen molar-refractivity contribution in [2.24, 2.45) is 0 Å². The first-order valence-electron chi connectivity index (χ1n) is 5.34. The van der Waals surface area contributed by atoms with Crippen LogP contribution in [0.3, 0.4) is 0 Å². The molecular formula is C13H13Cl2NS. The number of rotatable bonds is 2. The summed E-state index contributed by atoms with van der Waals surface area (Å²) < 4.78 is 0. The van der Waals surface area contributed by atoms with Crippen LogP contribution in [0, 0.1) is 20.8 Å². The van der Waals surface area contributed by atoms with Gasteiger partial charge in [0, 0.05) is 17.5 Å². The van der Waals surface area contributed by atoms with Crippen LogP contribution < -0.4 is 0 Å². The van der Waals surface area contributed by atoms with Gasteiger partial charge in [0.05, 0.1) is 15.1 Å². The lowest BCUT2D eigenvalue weighted by Crippen LogP contribution is -1.95. The van der Waals surface area contributed by atoms with Crippen molar-refractivity contribution in [3.05, 3.63) is 48.9 Å². The molecular weight excluding hydrogens is 273 g/mol. The molecule has 0 aliphatic heterocycles. The van der Waals surface area contributed by atoms with Crippen molar-refractivity contribution >= 4 is 34.5 Å². The second kappa shape index (κ2) is 4.97. The Labute approximate surface area is 115 Å². The van der Waals surface area contributed by atoms with Gasteiger partial charge in [-0.25, -0.2) is 4.98 Å². The molecule has 0 saturated carbocycles. The molecule has 2 rings (SSSR count). The fraction of sp³-hybridized carbons (Fsp3) is 0.308. The number of nitrogens with zero attached hydrogens (tertiary/aromatic N) is 1. The molecule has 1 nitrogen and oxygen atoms in total. The molecule has 17 heavy (non-hydrogen) atoms. The second-order valence-corrected chi connectivity index (χ2v) is 5.87. The average molecular weight is 286 g/mol. The van der Waals surface area contributed by atoms with Crippen LogP contribution in [-0.2, 0) is 6.42 Å². The molecule has 90 valence electrons. The molecule has 0 radical (unpaired) electrons. The molecule has 0 spiro atoms. The van der Waals surface area contributed by atoms with Crippen molar-refractivity contribution < 1.29 is 0 Å². The lowest BCUT2D eigenvalue weighted by atomic mass is 10.0. The van der Waals surface area contributed by atoms with Crippen LogP contribution in [0.1, 0.15) is 27.4 Å². The van der Waals surface area contributed by atoms with Crippen molar-refractivity contribution in [2.45, 2.75) is 27.2 Å². The van der Waals surface area contributed by atoms with Crippen LogP contribution in [0.4, 0.5) is 0 Å². The zero-order valence-corrected chi connectivity index (χ0v) is 12.3. The Morgan fingerprint density at radius 1 is 1.12 bits per heavy atom. The standard InChI is InChI=1S/C13H13Cl2NS/c1-7-4-8(2)12(14)13(15)10(7)5-11-16-9(3)6-17-11/h4,6H,5H2,1-3H3. The van der Waals surface area contributed by atoms with E-state index in [4.69, 9.17) is 23.2 Å². The molecule has 0 unspecified atom stereocenters. The molecule has 0 N–H and O–H groups in total. The van der Waals surface area contributed by atoms with E-state index in [0.717, 1.165) is 28.2 Å². The van der Waals surface area contributed by atoms with Gasteiger partial charge in [-0.05, 0) is 37.5 Å². The molecule has 0 amide bonds. The first-order chi connectivity index (χ1) is 7.99. The molecule has 0 aliphatic rings. The summed E-state index contributed by atoms with van der Waals surface area (Å²) >= 11 is 14.1. The summed E-state index contributed by atoms with van der Waals surface area (Å²) in [5.74, 6) is 0. The molecule has 1 aromatic heterocycles. The highest BCUT2D eigenvalue weighted by atomic mass is 35.5. The minimum atomic E-state index is 0.653. The van der Waals surface area contributed by atoms with E-state index in [-0.39, 0.29) is 0 Å². The van der Waals surface area contributed by atoms with Crippen LogP contribution in [0.15, 0.2) is 11.4 Å². The number of hydrogen-bond donors (Lipinski definition) is 0. The molecule has 0 atom stereocenters. The lowest BCUT2D eigenvalue weighted by molar-refractivity contribution is 1.08. The van der Waals surface area contributed by atoms with E-state index in [2.05, 4.69) is 18.0 Å². The topological polar surface area (TPSA) is 12.9 Å². The number of aromatic nitrogens is 1. The monoisotopic (exact) mass is 285 g/mol. The number of hydrogen-bond acceptors (Lipinski definition) is 2. The average Bonchev–Trinajstić information content (AvgIpc) is 2.67. The summed E-state index contributed by atoms with van der Waals surface area (Å²) in [7, 11) is 0. The summed E-state index contributed by atoms with van der Waals surface area (Å²) in [5.41, 5.74) is 4.33. The maximum absolute atomic E-state index is 6.31. The van der Waals surface area contributed by atoms with Crippen LogP contribution in [0.2, 0.25) is 10.0 Å². The van der Waals surface area contributed by atoms with Crippen molar-refractivity contribution in [2.75, 3.05) is 0 Å². The maximum atomic E-state index is 6.31. The lowest BCUT2D eigenvalue weighted by Gasteiger charge is -2.10. The smallest absolute Gasteiger partial charge is 0.0972 e. The van der Waals surface area contributed by atoms with Crippen molar-refractivity contribution in [1.29, 1.82) is 0 Å². The van der Waals surface area contributed by atoms with E-state index in [1.807, 2.05) is 19.2 Å². The Hall–Kier alpha value is -0.570. The Morgan fingerprint density at radius 3 is 2.41 bits per heavy atom. The Bertz CT molecular complexity index is 561. The van der Waals surface area contributed by atoms with Crippen LogP contribution in [0.5, 0.6) is 0 Å². The normalized spacial score (nSPS) is 10.9. The second-order valence-electron chi connectivity index (χ2n) is 4.18. The predicted octanol–water partition coefficient (Wildman–Crippen LogP) is 4.97. The van der Waals surface area contributed by atoms with Crippen LogP contribution >= 0.6 is 34.5 Å². The highest BCUT2D eigenvalue weighted by Crippen LogP contribution is 2.33. The third-order valence-electron chi connectivity index (χ3n) is 2.71. The third kappa shape index (κ3) is 2.65. The summed E-state index contributed by atoms with van der Waals surface area (Å²) in [6, 6.07) is 2.07. The summed E-state index contributed by atoms with van der Waals surface area (Å²) in [4.78, 5) is 4.46. The van der Waals surface area contributed by atoms with E-state index >= 15 is 0 Å². The van der Waals surface area contributed by atoms with Gasteiger partial charge >= 0.3 is 0 Å². The van der Waals surface area contributed by atoms with E-state index in [9.17, 15) is 0 Å². The van der Waals surface area contributed by atoms with E-state index in [1.54, 1.807) is 11.3 Å². The fourth-order valence-electron chi connectivity index (χ4n) is 1.81. The fourth-order valence-corrected chi connectivity index (χ4v) is 3.12. The van der Waals surface area contributed by atoms with Crippen molar-refractivity contribution in [3.63, 3.8) is 0 Å². The van der Waals surface area contributed by atoms with Crippen LogP contribution in [0.25, 0.3) is 0 Å². The Morgan fingerprint density at radius 2 is 1.82 bits per heavy atom. The summed E-state index contributed by atoms with van der Waals surface area (Å²) in [6.07, 6.45) is 0.753. The molecule has 2 aromatic rings. The molecule has 4 heteroatoms. The molecule has 1 heterocycles. The van der Waals surface area contributed by atoms with Crippen molar-refractivity contribution in [3.8, 4) is 0 Å². The van der Waals surface area contributed by atoms with Crippen molar-refractivity contribution in [1.82, 2.24) is 4.98 Å². The summed E-state index contributed by atoms with van der Waals surface area (Å²) in [6.45, 7) is 6.03. The predicted molar refractivity (Wildman–Crippen MR) is 75.6 cm³/mol. The van der Waals surface area contributed by atoms with Gasteiger partial charge in [0.15, 0.2) is 0 Å². The van der Waals surface area contributed by atoms with Gasteiger partial charge in [0.1, 0.15) is 0 Å². The Balaban J connectivity index is 2.42. The van der Waals surface area contributed by atoms with Gasteiger partial charge in [-0.2, -0.15) is 0 Å². The van der Waals surface area contributed by atoms with Gasteiger partial charge in [-0.1, -0.05) is 29.3 Å². The highest BCUT2D eigenvalue weighted by Gasteiger charge is 2.13. The number of aryl methyl sites for hydroxylation is 3. The molecule has 0 bridgehead atoms. The van der Waals surface area contributed by atoms with Gasteiger partial charge in [-0.15, -0.1) is 11.3 Å². The molecule has 0 saturated heterocycles. The van der Waals surface area contributed by atoms with E-state index in [0.29, 0.717) is 10.0 Å². The zero-order chi connectivity index (χ0) is 12.6. The number of halogens is 2. The maximum Gasteiger partial charge on any atom is 0.0972 e. The summed E-state index contributed by atoms with van der Waals surface area (Å²) in [5, 5.41) is 4.44. The number of thiazole rings is 1. The Kier molecular flexibility index (Phi) is 3.76. The van der Waals surface area contributed by atoms with Gasteiger partial charge < -0.3 is 0 Å². The van der Waals surface area contributed by atoms with Crippen LogP contribution in [-0.4, -0.2) is 4.98 Å². The largest absolute Gasteiger partial charge is 0.246 e. The molecule has 1 aromatic carbocycles. The van der Waals surface area contributed by atoms with Gasteiger partial charge in [0.25, 0.3) is 0 Å². The molecule has 0 fully saturated rings. The first kappa shape index (κ1) is 12.9. The highest BCUT2D eigenvalue weighted by molar-refractivity contribution is 7.09. The zero-order valence-electron chi connectivity index (χ0n) is 9.97.